The molecule has 3 N–H and O–H groups in total. The lowest BCUT2D eigenvalue weighted by Gasteiger charge is -2.18. The van der Waals surface area contributed by atoms with Gasteiger partial charge in [0, 0.05) is 6.04 Å². The maximum absolute atomic E-state index is 11.6. The second kappa shape index (κ2) is 7.24. The lowest BCUT2D eigenvalue weighted by molar-refractivity contribution is -0.139. The highest BCUT2D eigenvalue weighted by Crippen LogP contribution is 2.33. The monoisotopic (exact) mass is 256 g/mol. The molecule has 0 aliphatic heterocycles. The lowest BCUT2D eigenvalue weighted by atomic mass is 10.1. The number of carboxylic acid groups (broad SMARTS) is 1. The van der Waals surface area contributed by atoms with Gasteiger partial charge >= 0.3 is 12.0 Å². The van der Waals surface area contributed by atoms with E-state index in [0.29, 0.717) is 6.42 Å². The van der Waals surface area contributed by atoms with E-state index in [2.05, 4.69) is 10.6 Å². The molecule has 0 aromatic rings. The molecular weight excluding hydrogens is 232 g/mol. The van der Waals surface area contributed by atoms with Gasteiger partial charge in [0.15, 0.2) is 0 Å². The minimum absolute atomic E-state index is 0.109. The first-order valence-electron chi connectivity index (χ1n) is 6.82. The Kier molecular flexibility index (Phi) is 5.95. The predicted molar refractivity (Wildman–Crippen MR) is 69.4 cm³/mol. The van der Waals surface area contributed by atoms with Gasteiger partial charge in [-0.2, -0.15) is 0 Å². The number of carbonyl (C=O) groups is 2. The SMILES string of the molecule is CCCCC(NC(=O)NC(C)CC1CC1)C(=O)O. The van der Waals surface area contributed by atoms with Crippen molar-refractivity contribution in [3.63, 3.8) is 0 Å². The van der Waals surface area contributed by atoms with Crippen LogP contribution in [0.4, 0.5) is 4.79 Å². The Balaban J connectivity index is 2.27. The number of carboxylic acids is 1. The molecule has 2 amide bonds. The van der Waals surface area contributed by atoms with E-state index in [4.69, 9.17) is 5.11 Å². The minimum atomic E-state index is -0.964. The molecule has 0 bridgehead atoms. The summed E-state index contributed by atoms with van der Waals surface area (Å²) in [4.78, 5) is 22.6. The van der Waals surface area contributed by atoms with Crippen LogP contribution >= 0.6 is 0 Å². The topological polar surface area (TPSA) is 78.4 Å². The van der Waals surface area contributed by atoms with Crippen molar-refractivity contribution in [2.45, 2.75) is 64.5 Å². The van der Waals surface area contributed by atoms with Crippen molar-refractivity contribution in [2.24, 2.45) is 5.92 Å². The average molecular weight is 256 g/mol. The standard InChI is InChI=1S/C13H24N2O3/c1-3-4-5-11(12(16)17)15-13(18)14-9(2)8-10-6-7-10/h9-11H,3-8H2,1-2H3,(H,16,17)(H2,14,15,18). The Morgan fingerprint density at radius 2 is 2.00 bits per heavy atom. The van der Waals surface area contributed by atoms with Crippen LogP contribution in [0.15, 0.2) is 0 Å². The molecule has 0 radical (unpaired) electrons. The Bertz CT molecular complexity index is 290. The molecule has 1 rings (SSSR count). The number of amides is 2. The van der Waals surface area contributed by atoms with E-state index in [0.717, 1.165) is 25.2 Å². The Hall–Kier alpha value is -1.26. The quantitative estimate of drug-likeness (QED) is 0.622. The summed E-state index contributed by atoms with van der Waals surface area (Å²) in [6.45, 7) is 3.95. The van der Waals surface area contributed by atoms with E-state index < -0.39 is 12.0 Å². The van der Waals surface area contributed by atoms with Crippen molar-refractivity contribution in [3.8, 4) is 0 Å². The molecule has 1 fully saturated rings. The summed E-state index contributed by atoms with van der Waals surface area (Å²) in [6.07, 6.45) is 5.69. The van der Waals surface area contributed by atoms with E-state index in [9.17, 15) is 9.59 Å². The Morgan fingerprint density at radius 3 is 2.50 bits per heavy atom. The summed E-state index contributed by atoms with van der Waals surface area (Å²) in [7, 11) is 0. The van der Waals surface area contributed by atoms with Gasteiger partial charge in [0.05, 0.1) is 0 Å². The highest BCUT2D eigenvalue weighted by atomic mass is 16.4. The summed E-state index contributed by atoms with van der Waals surface area (Å²) in [5.74, 6) is -0.218. The number of nitrogens with one attached hydrogen (secondary N) is 2. The van der Waals surface area contributed by atoms with Gasteiger partial charge < -0.3 is 15.7 Å². The Labute approximate surface area is 108 Å². The molecule has 0 saturated heterocycles. The van der Waals surface area contributed by atoms with Gasteiger partial charge in [0.25, 0.3) is 0 Å². The van der Waals surface area contributed by atoms with E-state index in [1.54, 1.807) is 0 Å². The fourth-order valence-corrected chi connectivity index (χ4v) is 2.00. The molecule has 2 unspecified atom stereocenters. The van der Waals surface area contributed by atoms with Crippen LogP contribution in [0.2, 0.25) is 0 Å². The van der Waals surface area contributed by atoms with Crippen LogP contribution in [-0.4, -0.2) is 29.2 Å². The van der Waals surface area contributed by atoms with Crippen molar-refractivity contribution in [2.75, 3.05) is 0 Å². The molecule has 18 heavy (non-hydrogen) atoms. The van der Waals surface area contributed by atoms with Gasteiger partial charge in [-0.25, -0.2) is 9.59 Å². The van der Waals surface area contributed by atoms with Crippen molar-refractivity contribution >= 4 is 12.0 Å². The van der Waals surface area contributed by atoms with E-state index in [1.807, 2.05) is 13.8 Å². The van der Waals surface area contributed by atoms with Gasteiger partial charge in [-0.1, -0.05) is 32.6 Å². The van der Waals surface area contributed by atoms with E-state index in [-0.39, 0.29) is 12.1 Å². The van der Waals surface area contributed by atoms with Crippen LogP contribution in [-0.2, 0) is 4.79 Å². The number of rotatable bonds is 8. The first-order valence-corrected chi connectivity index (χ1v) is 6.82. The van der Waals surface area contributed by atoms with Crippen LogP contribution in [0.25, 0.3) is 0 Å². The summed E-state index contributed by atoms with van der Waals surface area (Å²) in [5.41, 5.74) is 0. The minimum Gasteiger partial charge on any atom is -0.480 e. The predicted octanol–water partition coefficient (Wildman–Crippen LogP) is 2.12. The summed E-state index contributed by atoms with van der Waals surface area (Å²) < 4.78 is 0. The maximum atomic E-state index is 11.6. The molecule has 1 saturated carbocycles. The van der Waals surface area contributed by atoms with E-state index >= 15 is 0 Å². The van der Waals surface area contributed by atoms with Crippen LogP contribution < -0.4 is 10.6 Å². The average Bonchev–Trinajstić information content (AvgIpc) is 3.07. The van der Waals surface area contributed by atoms with Gasteiger partial charge in [-0.05, 0) is 25.7 Å². The Morgan fingerprint density at radius 1 is 1.33 bits per heavy atom. The molecule has 1 aliphatic rings. The molecule has 0 aromatic heterocycles. The fourth-order valence-electron chi connectivity index (χ4n) is 2.00. The molecule has 2 atom stereocenters. The number of urea groups is 1. The number of carbonyl (C=O) groups excluding carboxylic acids is 1. The highest BCUT2D eigenvalue weighted by Gasteiger charge is 2.25. The number of aliphatic carboxylic acids is 1. The van der Waals surface area contributed by atoms with Crippen LogP contribution in [0, 0.1) is 5.92 Å². The second-order valence-corrected chi connectivity index (χ2v) is 5.23. The third-order valence-corrected chi connectivity index (χ3v) is 3.21. The number of hydrogen-bond donors (Lipinski definition) is 3. The normalized spacial score (nSPS) is 17.9. The molecule has 0 heterocycles. The van der Waals surface area contributed by atoms with Crippen LogP contribution in [0.3, 0.4) is 0 Å². The zero-order chi connectivity index (χ0) is 13.5. The van der Waals surface area contributed by atoms with Crippen LogP contribution in [0.1, 0.15) is 52.4 Å². The highest BCUT2D eigenvalue weighted by molar-refractivity contribution is 5.82. The summed E-state index contributed by atoms with van der Waals surface area (Å²) in [6, 6.07) is -1.04. The van der Waals surface area contributed by atoms with Gasteiger partial charge in [-0.15, -0.1) is 0 Å². The molecule has 104 valence electrons. The summed E-state index contributed by atoms with van der Waals surface area (Å²) in [5, 5.41) is 14.3. The van der Waals surface area contributed by atoms with Crippen molar-refractivity contribution in [3.05, 3.63) is 0 Å². The molecule has 0 spiro atoms. The number of unbranched alkanes of at least 4 members (excludes halogenated alkanes) is 1. The van der Waals surface area contributed by atoms with Gasteiger partial charge in [-0.3, -0.25) is 0 Å². The lowest BCUT2D eigenvalue weighted by Crippen LogP contribution is -2.48. The van der Waals surface area contributed by atoms with Crippen LogP contribution in [0.5, 0.6) is 0 Å². The molecule has 5 heteroatoms. The fraction of sp³-hybridized carbons (Fsp3) is 0.846. The molecule has 5 nitrogen and oxygen atoms in total. The maximum Gasteiger partial charge on any atom is 0.326 e. The molecular formula is C13H24N2O3. The third-order valence-electron chi connectivity index (χ3n) is 3.21. The largest absolute Gasteiger partial charge is 0.480 e. The van der Waals surface area contributed by atoms with Crippen molar-refractivity contribution in [1.82, 2.24) is 10.6 Å². The van der Waals surface area contributed by atoms with E-state index in [1.165, 1.54) is 12.8 Å². The second-order valence-electron chi connectivity index (χ2n) is 5.23. The first-order chi connectivity index (χ1) is 8.52. The van der Waals surface area contributed by atoms with Gasteiger partial charge in [0.1, 0.15) is 6.04 Å². The number of hydrogen-bond acceptors (Lipinski definition) is 2. The zero-order valence-electron chi connectivity index (χ0n) is 11.2. The first kappa shape index (κ1) is 14.8. The van der Waals surface area contributed by atoms with Gasteiger partial charge in [0.2, 0.25) is 0 Å². The smallest absolute Gasteiger partial charge is 0.326 e. The third kappa shape index (κ3) is 5.89. The molecule has 0 aromatic carbocycles. The van der Waals surface area contributed by atoms with Crippen molar-refractivity contribution < 1.29 is 14.7 Å². The van der Waals surface area contributed by atoms with Crippen molar-refractivity contribution in [1.29, 1.82) is 0 Å². The zero-order valence-corrected chi connectivity index (χ0v) is 11.2. The molecule has 1 aliphatic carbocycles. The summed E-state index contributed by atoms with van der Waals surface area (Å²) >= 11 is 0.